The van der Waals surface area contributed by atoms with E-state index < -0.39 is 0 Å². The van der Waals surface area contributed by atoms with Gasteiger partial charge in [0.25, 0.3) is 6.71 Å². The topological polar surface area (TPSA) is 42.0 Å². The van der Waals surface area contributed by atoms with Crippen LogP contribution in [-0.2, 0) is 0 Å². The summed E-state index contributed by atoms with van der Waals surface area (Å²) in [5.41, 5.74) is 30.6. The lowest BCUT2D eigenvalue weighted by molar-refractivity contribution is 0.488. The van der Waals surface area contributed by atoms with Crippen LogP contribution < -0.4 is 47.3 Å². The molecule has 0 saturated carbocycles. The van der Waals surface area contributed by atoms with E-state index in [4.69, 9.17) is 13.6 Å². The minimum absolute atomic E-state index is 0.195. The molecule has 2 aromatic heterocycles. The Balaban J connectivity index is 0.905. The summed E-state index contributed by atoms with van der Waals surface area (Å²) in [6.07, 6.45) is 0. The first-order valence-corrected chi connectivity index (χ1v) is 34.4. The fraction of sp³-hybridized carbons (Fsp3) is 0. The highest BCUT2D eigenvalue weighted by atomic mass is 32.2. The van der Waals surface area contributed by atoms with Crippen molar-refractivity contribution in [2.45, 2.75) is 9.79 Å². The molecule has 0 aliphatic carbocycles. The number of fused-ring (bicyclic) bond motifs is 14. The van der Waals surface area contributed by atoms with Crippen LogP contribution in [0.3, 0.4) is 0 Å². The summed E-state index contributed by atoms with van der Waals surface area (Å²) in [6, 6.07) is 120. The summed E-state index contributed by atoms with van der Waals surface area (Å²) in [4.78, 5) is 7.66. The van der Waals surface area contributed by atoms with E-state index in [1.54, 1.807) is 0 Å². The standard InChI is InChI=1S/C90H54B2N2O3S/c1-6-23-55(24-7-1)59-43-45-70-82(49-59)97-83-50-61(64-35-21-41-80-86(64)68-33-16-18-39-78(68)95-80)47-76-88(83)91(70)72-53-73-75(54-74(72)93(76)63-31-14-5-15-32-63)94(90-66(57-27-10-3-11-28-57)37-20-38-67(90)58-29-12-4-13-30-58)77-48-62(65-36-22-42-81-87(65)69-34-17-19-40-79(69)96-81)52-85-89(77)92(73)71-46-44-60(51-84(71)98-85)56-25-8-2-9-26-56/h1-54H. The number of anilines is 6. The molecule has 8 heteroatoms. The second-order valence-electron chi connectivity index (χ2n) is 26.1. The van der Waals surface area contributed by atoms with Crippen molar-refractivity contribution in [3.63, 3.8) is 0 Å². The van der Waals surface area contributed by atoms with Gasteiger partial charge in [-0.05, 0) is 162 Å². The number of ether oxygens (including phenoxy) is 1. The van der Waals surface area contributed by atoms with Gasteiger partial charge in [0.05, 0.1) is 5.69 Å². The van der Waals surface area contributed by atoms with Crippen LogP contribution in [0.5, 0.6) is 11.5 Å². The zero-order chi connectivity index (χ0) is 64.1. The summed E-state index contributed by atoms with van der Waals surface area (Å²) < 4.78 is 20.9. The van der Waals surface area contributed by atoms with Gasteiger partial charge in [0, 0.05) is 70.9 Å². The van der Waals surface area contributed by atoms with Gasteiger partial charge in [0.15, 0.2) is 0 Å². The van der Waals surface area contributed by atoms with Gasteiger partial charge in [0.2, 0.25) is 6.71 Å². The minimum Gasteiger partial charge on any atom is -0.458 e. The molecular formula is C90H54B2N2O3S. The molecule has 0 spiro atoms. The molecule has 4 aliphatic heterocycles. The maximum absolute atomic E-state index is 7.56. The van der Waals surface area contributed by atoms with Gasteiger partial charge in [-0.15, -0.1) is 0 Å². The van der Waals surface area contributed by atoms with Crippen LogP contribution in [-0.4, -0.2) is 13.4 Å². The third kappa shape index (κ3) is 8.38. The van der Waals surface area contributed by atoms with Gasteiger partial charge in [0.1, 0.15) is 33.8 Å². The van der Waals surface area contributed by atoms with E-state index >= 15 is 0 Å². The molecule has 0 fully saturated rings. The van der Waals surface area contributed by atoms with E-state index in [1.165, 1.54) is 42.8 Å². The van der Waals surface area contributed by atoms with E-state index in [-0.39, 0.29) is 13.4 Å². The molecule has 0 bridgehead atoms. The van der Waals surface area contributed by atoms with Gasteiger partial charge < -0.3 is 23.4 Å². The predicted molar refractivity (Wildman–Crippen MR) is 409 cm³/mol. The Kier molecular flexibility index (Phi) is 12.2. The van der Waals surface area contributed by atoms with Crippen molar-refractivity contribution in [3.05, 3.63) is 328 Å². The molecule has 15 aromatic carbocycles. The second kappa shape index (κ2) is 21.7. The van der Waals surface area contributed by atoms with E-state index in [0.29, 0.717) is 0 Å². The molecule has 98 heavy (non-hydrogen) atoms. The predicted octanol–water partition coefficient (Wildman–Crippen LogP) is 20.7. The molecule has 21 rings (SSSR count). The molecule has 0 unspecified atom stereocenters. The van der Waals surface area contributed by atoms with Crippen LogP contribution in [0.25, 0.3) is 111 Å². The molecule has 5 nitrogen and oxygen atoms in total. The highest BCUT2D eigenvalue weighted by Gasteiger charge is 2.48. The van der Waals surface area contributed by atoms with Crippen molar-refractivity contribution >= 4 is 136 Å². The van der Waals surface area contributed by atoms with Crippen LogP contribution in [0.4, 0.5) is 34.1 Å². The number of hydrogen-bond donors (Lipinski definition) is 0. The van der Waals surface area contributed by atoms with Crippen molar-refractivity contribution < 1.29 is 13.6 Å². The van der Waals surface area contributed by atoms with Crippen molar-refractivity contribution in [1.82, 2.24) is 0 Å². The monoisotopic (exact) mass is 1260 g/mol. The summed E-state index contributed by atoms with van der Waals surface area (Å²) >= 11 is 1.90. The molecule has 0 saturated heterocycles. The maximum Gasteiger partial charge on any atom is 0.256 e. The Bertz CT molecular complexity index is 6100. The number of rotatable bonds is 8. The summed E-state index contributed by atoms with van der Waals surface area (Å²) in [6.45, 7) is -0.440. The van der Waals surface area contributed by atoms with Crippen molar-refractivity contribution in [2.75, 3.05) is 9.80 Å². The van der Waals surface area contributed by atoms with Gasteiger partial charge in [-0.2, -0.15) is 0 Å². The maximum atomic E-state index is 7.56. The lowest BCUT2D eigenvalue weighted by atomic mass is 9.31. The Morgan fingerprint density at radius 1 is 0.265 bits per heavy atom. The third-order valence-corrected chi connectivity index (χ3v) is 21.9. The van der Waals surface area contributed by atoms with E-state index in [9.17, 15) is 0 Å². The molecule has 0 amide bonds. The fourth-order valence-electron chi connectivity index (χ4n) is 16.5. The van der Waals surface area contributed by atoms with Gasteiger partial charge >= 0.3 is 0 Å². The zero-order valence-corrected chi connectivity index (χ0v) is 53.7. The fourth-order valence-corrected chi connectivity index (χ4v) is 17.8. The highest BCUT2D eigenvalue weighted by Crippen LogP contribution is 2.54. The molecule has 0 N–H and O–H groups in total. The Labute approximate surface area is 571 Å². The Morgan fingerprint density at radius 3 is 1.32 bits per heavy atom. The van der Waals surface area contributed by atoms with Crippen LogP contribution in [0.2, 0.25) is 0 Å². The number of hydrogen-bond acceptors (Lipinski definition) is 6. The Hall–Kier alpha value is -12.2. The normalized spacial score (nSPS) is 13.1. The summed E-state index contributed by atoms with van der Waals surface area (Å²) in [5.74, 6) is 1.67. The van der Waals surface area contributed by atoms with Crippen LogP contribution >= 0.6 is 11.8 Å². The summed E-state index contributed by atoms with van der Waals surface area (Å²) in [5, 5.41) is 4.34. The van der Waals surface area contributed by atoms with Gasteiger partial charge in [-0.3, -0.25) is 0 Å². The number of furan rings is 2. The van der Waals surface area contributed by atoms with Crippen LogP contribution in [0.1, 0.15) is 0 Å². The number of benzene rings is 15. The van der Waals surface area contributed by atoms with Gasteiger partial charge in [-0.25, -0.2) is 0 Å². The SMILES string of the molecule is c1ccc(-c2ccc3c(c2)Oc2cc(-c4cccc5oc6ccccc6c45)cc4c2B3c2cc3c(cc2N4c2ccccc2)N(c2c(-c4ccccc4)cccc2-c2ccccc2)c2cc(-c4cccc5oc6ccccc6c45)cc4c2B3c2ccc(-c3ccccc3)cc2S4)cc1. The third-order valence-electron chi connectivity index (χ3n) is 20.8. The highest BCUT2D eigenvalue weighted by molar-refractivity contribution is 8.00. The smallest absolute Gasteiger partial charge is 0.256 e. The largest absolute Gasteiger partial charge is 0.458 e. The van der Waals surface area contributed by atoms with Crippen molar-refractivity contribution in [2.24, 2.45) is 0 Å². The minimum atomic E-state index is -0.246. The molecule has 17 aromatic rings. The number of nitrogens with zero attached hydrogens (tertiary/aromatic N) is 2. The van der Waals surface area contributed by atoms with Gasteiger partial charge in [-0.1, -0.05) is 266 Å². The van der Waals surface area contributed by atoms with E-state index in [2.05, 4.69) is 331 Å². The molecule has 454 valence electrons. The lowest BCUT2D eigenvalue weighted by Crippen LogP contribution is -2.64. The molecule has 6 heterocycles. The van der Waals surface area contributed by atoms with Crippen LogP contribution in [0, 0.1) is 0 Å². The lowest BCUT2D eigenvalue weighted by Gasteiger charge is -2.45. The van der Waals surface area contributed by atoms with Crippen molar-refractivity contribution in [1.29, 1.82) is 0 Å². The first-order chi connectivity index (χ1) is 48.6. The van der Waals surface area contributed by atoms with E-state index in [1.807, 2.05) is 17.8 Å². The Morgan fingerprint density at radius 2 is 0.714 bits per heavy atom. The quantitative estimate of drug-likeness (QED) is 0.141. The van der Waals surface area contributed by atoms with Crippen molar-refractivity contribution in [3.8, 4) is 78.3 Å². The first-order valence-electron chi connectivity index (χ1n) is 33.6. The van der Waals surface area contributed by atoms with E-state index in [0.717, 1.165) is 156 Å². The molecule has 0 radical (unpaired) electrons. The molecule has 4 aliphatic rings. The zero-order valence-electron chi connectivity index (χ0n) is 52.9. The average Bonchev–Trinajstić information content (AvgIpc) is 0.834. The average molecular weight is 1270 g/mol. The molecule has 0 atom stereocenters. The second-order valence-corrected chi connectivity index (χ2v) is 27.2. The van der Waals surface area contributed by atoms with Crippen LogP contribution in [0.15, 0.2) is 346 Å². The molecular weight excluding hydrogens is 1210 g/mol. The first kappa shape index (κ1) is 55.1. The summed E-state index contributed by atoms with van der Waals surface area (Å²) in [7, 11) is 0. The number of para-hydroxylation sites is 4.